The van der Waals surface area contributed by atoms with Crippen molar-refractivity contribution in [1.82, 2.24) is 15.1 Å². The van der Waals surface area contributed by atoms with Crippen LogP contribution in [-0.4, -0.2) is 21.7 Å². The topological polar surface area (TPSA) is 46.9 Å². The van der Waals surface area contributed by atoms with Gasteiger partial charge in [-0.1, -0.05) is 37.3 Å². The van der Waals surface area contributed by atoms with Gasteiger partial charge in [-0.3, -0.25) is 9.48 Å². The smallest absolute Gasteiger partial charge is 0.255 e. The van der Waals surface area contributed by atoms with Gasteiger partial charge in [-0.05, 0) is 32.8 Å². The Hall–Kier alpha value is -2.10. The van der Waals surface area contributed by atoms with E-state index in [1.54, 1.807) is 0 Å². The van der Waals surface area contributed by atoms with E-state index in [2.05, 4.69) is 29.5 Å². The van der Waals surface area contributed by atoms with Crippen molar-refractivity contribution in [3.8, 4) is 0 Å². The molecule has 2 aromatic rings. The van der Waals surface area contributed by atoms with Crippen molar-refractivity contribution in [3.63, 3.8) is 0 Å². The first-order valence-corrected chi connectivity index (χ1v) is 7.41. The number of aromatic nitrogens is 2. The summed E-state index contributed by atoms with van der Waals surface area (Å²) >= 11 is 0. The standard InChI is InChI=1S/C17H23N3O/c1-5-12(2)18-17(21)16-13(3)19-20(14(16)4)11-15-9-7-6-8-10-15/h6-10,12H,5,11H2,1-4H3,(H,18,21). The molecule has 0 spiro atoms. The number of nitrogens with zero attached hydrogens (tertiary/aromatic N) is 2. The quantitative estimate of drug-likeness (QED) is 0.917. The molecule has 0 aliphatic rings. The van der Waals surface area contributed by atoms with Gasteiger partial charge >= 0.3 is 0 Å². The largest absolute Gasteiger partial charge is 0.349 e. The fourth-order valence-corrected chi connectivity index (χ4v) is 2.33. The lowest BCUT2D eigenvalue weighted by Gasteiger charge is -2.11. The highest BCUT2D eigenvalue weighted by Gasteiger charge is 2.19. The third-order valence-corrected chi connectivity index (χ3v) is 3.77. The van der Waals surface area contributed by atoms with Crippen LogP contribution in [0.4, 0.5) is 0 Å². The molecule has 112 valence electrons. The zero-order valence-corrected chi connectivity index (χ0v) is 13.2. The molecular formula is C17H23N3O. The van der Waals surface area contributed by atoms with Crippen LogP contribution in [0.5, 0.6) is 0 Å². The van der Waals surface area contributed by atoms with Crippen LogP contribution >= 0.6 is 0 Å². The van der Waals surface area contributed by atoms with Crippen LogP contribution in [0.2, 0.25) is 0 Å². The SMILES string of the molecule is CCC(C)NC(=O)c1c(C)nn(Cc2ccccc2)c1C. The molecule has 4 heteroatoms. The van der Waals surface area contributed by atoms with Gasteiger partial charge in [0.2, 0.25) is 0 Å². The molecule has 21 heavy (non-hydrogen) atoms. The molecule has 1 aromatic heterocycles. The summed E-state index contributed by atoms with van der Waals surface area (Å²) < 4.78 is 1.90. The van der Waals surface area contributed by atoms with Crippen LogP contribution in [0.25, 0.3) is 0 Å². The van der Waals surface area contributed by atoms with Crippen LogP contribution in [0.15, 0.2) is 30.3 Å². The van der Waals surface area contributed by atoms with Crippen LogP contribution in [0, 0.1) is 13.8 Å². The summed E-state index contributed by atoms with van der Waals surface area (Å²) in [6, 6.07) is 10.3. The highest BCUT2D eigenvalue weighted by Crippen LogP contribution is 2.15. The van der Waals surface area contributed by atoms with E-state index < -0.39 is 0 Å². The molecular weight excluding hydrogens is 262 g/mol. The average Bonchev–Trinajstić information content (AvgIpc) is 2.74. The predicted octanol–water partition coefficient (Wildman–Crippen LogP) is 3.08. The van der Waals surface area contributed by atoms with Gasteiger partial charge in [-0.25, -0.2) is 0 Å². The molecule has 0 saturated heterocycles. The first kappa shape index (κ1) is 15.3. The lowest BCUT2D eigenvalue weighted by molar-refractivity contribution is 0.0938. The third kappa shape index (κ3) is 3.51. The summed E-state index contributed by atoms with van der Waals surface area (Å²) in [6.45, 7) is 8.60. The Morgan fingerprint density at radius 2 is 1.95 bits per heavy atom. The molecule has 0 bridgehead atoms. The lowest BCUT2D eigenvalue weighted by Crippen LogP contribution is -2.32. The van der Waals surface area contributed by atoms with Gasteiger partial charge in [-0.2, -0.15) is 5.10 Å². The summed E-state index contributed by atoms with van der Waals surface area (Å²) in [5, 5.41) is 7.53. The number of hydrogen-bond acceptors (Lipinski definition) is 2. The second-order valence-corrected chi connectivity index (χ2v) is 5.47. The van der Waals surface area contributed by atoms with E-state index in [-0.39, 0.29) is 11.9 Å². The van der Waals surface area contributed by atoms with Crippen LogP contribution in [0.3, 0.4) is 0 Å². The molecule has 4 nitrogen and oxygen atoms in total. The second-order valence-electron chi connectivity index (χ2n) is 5.47. The summed E-state index contributed by atoms with van der Waals surface area (Å²) in [5.41, 5.74) is 3.57. The van der Waals surface area contributed by atoms with Crippen LogP contribution < -0.4 is 5.32 Å². The summed E-state index contributed by atoms with van der Waals surface area (Å²) in [7, 11) is 0. The lowest BCUT2D eigenvalue weighted by atomic mass is 10.1. The molecule has 1 heterocycles. The van der Waals surface area contributed by atoms with Crippen molar-refractivity contribution in [1.29, 1.82) is 0 Å². The van der Waals surface area contributed by atoms with Crippen molar-refractivity contribution in [2.75, 3.05) is 0 Å². The highest BCUT2D eigenvalue weighted by atomic mass is 16.1. The monoisotopic (exact) mass is 285 g/mol. The Balaban J connectivity index is 2.23. The Kier molecular flexibility index (Phi) is 4.78. The van der Waals surface area contributed by atoms with E-state index in [4.69, 9.17) is 0 Å². The average molecular weight is 285 g/mol. The van der Waals surface area contributed by atoms with Crippen molar-refractivity contribution in [2.45, 2.75) is 46.7 Å². The molecule has 1 aromatic carbocycles. The number of carbonyl (C=O) groups is 1. The summed E-state index contributed by atoms with van der Waals surface area (Å²) in [4.78, 5) is 12.4. The number of carbonyl (C=O) groups excluding carboxylic acids is 1. The number of rotatable bonds is 5. The van der Waals surface area contributed by atoms with Crippen molar-refractivity contribution in [3.05, 3.63) is 52.8 Å². The fraction of sp³-hybridized carbons (Fsp3) is 0.412. The van der Waals surface area contributed by atoms with Crippen LogP contribution in [0.1, 0.15) is 47.6 Å². The van der Waals surface area contributed by atoms with Gasteiger partial charge in [0, 0.05) is 11.7 Å². The Morgan fingerprint density at radius 1 is 1.29 bits per heavy atom. The molecule has 1 atom stereocenters. The molecule has 0 radical (unpaired) electrons. The highest BCUT2D eigenvalue weighted by molar-refractivity contribution is 5.96. The predicted molar refractivity (Wildman–Crippen MR) is 84.5 cm³/mol. The van der Waals surface area contributed by atoms with E-state index in [9.17, 15) is 4.79 Å². The minimum atomic E-state index is -0.0290. The summed E-state index contributed by atoms with van der Waals surface area (Å²) in [6.07, 6.45) is 0.919. The van der Waals surface area contributed by atoms with Crippen LogP contribution in [-0.2, 0) is 6.54 Å². The first-order valence-electron chi connectivity index (χ1n) is 7.41. The maximum Gasteiger partial charge on any atom is 0.255 e. The first-order chi connectivity index (χ1) is 10.0. The fourth-order valence-electron chi connectivity index (χ4n) is 2.33. The number of aryl methyl sites for hydroxylation is 1. The van der Waals surface area contributed by atoms with Gasteiger partial charge in [0.15, 0.2) is 0 Å². The molecule has 0 fully saturated rings. The van der Waals surface area contributed by atoms with E-state index >= 15 is 0 Å². The number of benzene rings is 1. The maximum atomic E-state index is 12.4. The zero-order chi connectivity index (χ0) is 15.4. The third-order valence-electron chi connectivity index (χ3n) is 3.77. The molecule has 2 rings (SSSR count). The van der Waals surface area contributed by atoms with E-state index in [0.717, 1.165) is 17.8 Å². The minimum absolute atomic E-state index is 0.0290. The normalized spacial score (nSPS) is 12.2. The van der Waals surface area contributed by atoms with Gasteiger partial charge < -0.3 is 5.32 Å². The van der Waals surface area contributed by atoms with E-state index in [1.807, 2.05) is 43.7 Å². The van der Waals surface area contributed by atoms with Gasteiger partial charge in [0.05, 0.1) is 17.8 Å². The van der Waals surface area contributed by atoms with Gasteiger partial charge in [0.1, 0.15) is 0 Å². The second kappa shape index (κ2) is 6.57. The number of nitrogens with one attached hydrogen (secondary N) is 1. The Labute approximate surface area is 126 Å². The molecule has 0 aliphatic carbocycles. The number of hydrogen-bond donors (Lipinski definition) is 1. The van der Waals surface area contributed by atoms with E-state index in [0.29, 0.717) is 12.1 Å². The van der Waals surface area contributed by atoms with Crippen molar-refractivity contribution in [2.24, 2.45) is 0 Å². The Bertz CT molecular complexity index is 616. The molecule has 1 N–H and O–H groups in total. The molecule has 0 saturated carbocycles. The van der Waals surface area contributed by atoms with Crippen molar-refractivity contribution < 1.29 is 4.79 Å². The van der Waals surface area contributed by atoms with E-state index in [1.165, 1.54) is 5.56 Å². The van der Waals surface area contributed by atoms with Crippen molar-refractivity contribution >= 4 is 5.91 Å². The Morgan fingerprint density at radius 3 is 2.57 bits per heavy atom. The molecule has 1 unspecified atom stereocenters. The van der Waals surface area contributed by atoms with Gasteiger partial charge in [-0.15, -0.1) is 0 Å². The maximum absolute atomic E-state index is 12.4. The van der Waals surface area contributed by atoms with Gasteiger partial charge in [0.25, 0.3) is 5.91 Å². The number of amides is 1. The summed E-state index contributed by atoms with van der Waals surface area (Å²) in [5.74, 6) is -0.0290. The molecule has 0 aliphatic heterocycles. The molecule has 1 amide bonds. The zero-order valence-electron chi connectivity index (χ0n) is 13.2. The minimum Gasteiger partial charge on any atom is -0.349 e.